The molecule has 2 unspecified atom stereocenters. The zero-order chi connectivity index (χ0) is 21.4. The third kappa shape index (κ3) is 3.79. The van der Waals surface area contributed by atoms with Crippen LogP contribution in [-0.2, 0) is 24.3 Å². The highest BCUT2D eigenvalue weighted by atomic mass is 32.2. The molecule has 1 aromatic heterocycles. The Morgan fingerprint density at radius 1 is 1.13 bits per heavy atom. The number of ether oxygens (including phenoxy) is 3. The van der Waals surface area contributed by atoms with Crippen molar-refractivity contribution in [3.05, 3.63) is 48.7 Å². The summed E-state index contributed by atoms with van der Waals surface area (Å²) < 4.78 is 43.5. The third-order valence-electron chi connectivity index (χ3n) is 4.87. The van der Waals surface area contributed by atoms with E-state index in [1.54, 1.807) is 24.4 Å². The van der Waals surface area contributed by atoms with Crippen LogP contribution < -0.4 is 14.9 Å². The molecule has 2 heterocycles. The van der Waals surface area contributed by atoms with E-state index in [9.17, 15) is 18.0 Å². The SMILES string of the molecule is O=C1OC2CC(NS(=O)(=O)c3ccc(Oc4ccccn4)cc3)(C(=O)NO)CC2O1. The van der Waals surface area contributed by atoms with Gasteiger partial charge in [-0.2, -0.15) is 4.72 Å². The van der Waals surface area contributed by atoms with Crippen LogP contribution in [0.1, 0.15) is 12.8 Å². The van der Waals surface area contributed by atoms with Gasteiger partial charge in [0.15, 0.2) is 0 Å². The van der Waals surface area contributed by atoms with Gasteiger partial charge in [-0.3, -0.25) is 10.0 Å². The van der Waals surface area contributed by atoms with E-state index in [1.165, 1.54) is 29.7 Å². The summed E-state index contributed by atoms with van der Waals surface area (Å²) >= 11 is 0. The molecule has 12 heteroatoms. The number of carbonyl (C=O) groups excluding carboxylic acids is 2. The summed E-state index contributed by atoms with van der Waals surface area (Å²) in [5.41, 5.74) is -0.273. The fraction of sp³-hybridized carbons (Fsp3) is 0.278. The number of hydrogen-bond acceptors (Lipinski definition) is 9. The fourth-order valence-corrected chi connectivity index (χ4v) is 4.88. The van der Waals surface area contributed by atoms with E-state index in [0.717, 1.165) is 0 Å². The van der Waals surface area contributed by atoms with Crippen molar-refractivity contribution >= 4 is 22.1 Å². The predicted molar refractivity (Wildman–Crippen MR) is 98.1 cm³/mol. The average Bonchev–Trinajstić information content (AvgIpc) is 3.22. The maximum Gasteiger partial charge on any atom is 0.509 e. The molecule has 0 radical (unpaired) electrons. The molecule has 11 nitrogen and oxygen atoms in total. The lowest BCUT2D eigenvalue weighted by Crippen LogP contribution is -2.57. The van der Waals surface area contributed by atoms with Crippen LogP contribution in [0, 0.1) is 0 Å². The van der Waals surface area contributed by atoms with Gasteiger partial charge in [-0.25, -0.2) is 23.7 Å². The van der Waals surface area contributed by atoms with Gasteiger partial charge in [0.1, 0.15) is 23.5 Å². The summed E-state index contributed by atoms with van der Waals surface area (Å²) in [6.45, 7) is 0. The molecule has 1 amide bonds. The van der Waals surface area contributed by atoms with Crippen molar-refractivity contribution in [3.63, 3.8) is 0 Å². The first-order valence-corrected chi connectivity index (χ1v) is 10.3. The topological polar surface area (TPSA) is 153 Å². The number of fused-ring (bicyclic) bond motifs is 1. The molecule has 0 spiro atoms. The molecule has 30 heavy (non-hydrogen) atoms. The Hall–Kier alpha value is -3.22. The fourth-order valence-electron chi connectivity index (χ4n) is 3.50. The van der Waals surface area contributed by atoms with Crippen LogP contribution in [0.25, 0.3) is 0 Å². The number of rotatable bonds is 6. The van der Waals surface area contributed by atoms with Crippen LogP contribution in [0.5, 0.6) is 11.6 Å². The standard InChI is InChI=1S/C18H17N3O8S/c22-16(20-24)18(9-13-14(10-18)29-17(23)28-13)21-30(25,26)12-6-4-11(5-7-12)27-15-3-1-2-8-19-15/h1-8,13-14,21,24H,9-10H2,(H,20,22). The second kappa shape index (κ2) is 7.55. The Bertz CT molecular complexity index is 1040. The molecular formula is C18H17N3O8S. The van der Waals surface area contributed by atoms with E-state index < -0.39 is 39.8 Å². The monoisotopic (exact) mass is 435 g/mol. The molecule has 1 aliphatic carbocycles. The van der Waals surface area contributed by atoms with Crippen LogP contribution in [-0.4, -0.2) is 48.4 Å². The van der Waals surface area contributed by atoms with E-state index in [0.29, 0.717) is 11.6 Å². The highest BCUT2D eigenvalue weighted by Gasteiger charge is 2.58. The molecule has 3 N–H and O–H groups in total. The second-order valence-electron chi connectivity index (χ2n) is 6.84. The minimum Gasteiger partial charge on any atom is -0.439 e. The molecule has 2 atom stereocenters. The molecular weight excluding hydrogens is 418 g/mol. The van der Waals surface area contributed by atoms with Crippen molar-refractivity contribution in [2.75, 3.05) is 0 Å². The third-order valence-corrected chi connectivity index (χ3v) is 6.42. The second-order valence-corrected chi connectivity index (χ2v) is 8.52. The molecule has 2 aliphatic rings. The summed E-state index contributed by atoms with van der Waals surface area (Å²) in [5, 5.41) is 9.11. The van der Waals surface area contributed by atoms with Crippen molar-refractivity contribution in [1.29, 1.82) is 0 Å². The van der Waals surface area contributed by atoms with Gasteiger partial charge >= 0.3 is 6.16 Å². The van der Waals surface area contributed by atoms with E-state index in [1.807, 2.05) is 0 Å². The van der Waals surface area contributed by atoms with Gasteiger partial charge in [-0.15, -0.1) is 0 Å². The molecule has 1 saturated heterocycles. The number of pyridine rings is 1. The Morgan fingerprint density at radius 2 is 1.80 bits per heavy atom. The summed E-state index contributed by atoms with van der Waals surface area (Å²) in [5.74, 6) is -0.266. The Kier molecular flexibility index (Phi) is 5.05. The minimum atomic E-state index is -4.18. The molecule has 1 aliphatic heterocycles. The minimum absolute atomic E-state index is 0.129. The predicted octanol–water partition coefficient (Wildman–Crippen LogP) is 1.09. The lowest BCUT2D eigenvalue weighted by atomic mass is 9.98. The number of sulfonamides is 1. The van der Waals surface area contributed by atoms with Gasteiger partial charge in [0.25, 0.3) is 5.91 Å². The van der Waals surface area contributed by atoms with Crippen molar-refractivity contribution in [2.24, 2.45) is 0 Å². The zero-order valence-electron chi connectivity index (χ0n) is 15.3. The van der Waals surface area contributed by atoms with Crippen molar-refractivity contribution in [2.45, 2.75) is 35.5 Å². The smallest absolute Gasteiger partial charge is 0.439 e. The van der Waals surface area contributed by atoms with Crippen LogP contribution >= 0.6 is 0 Å². The van der Waals surface area contributed by atoms with E-state index in [-0.39, 0.29) is 17.7 Å². The van der Waals surface area contributed by atoms with Gasteiger partial charge in [0.2, 0.25) is 15.9 Å². The maximum absolute atomic E-state index is 12.9. The van der Waals surface area contributed by atoms with Gasteiger partial charge in [0, 0.05) is 25.1 Å². The van der Waals surface area contributed by atoms with Crippen LogP contribution in [0.2, 0.25) is 0 Å². The summed E-state index contributed by atoms with van der Waals surface area (Å²) in [4.78, 5) is 27.4. The lowest BCUT2D eigenvalue weighted by Gasteiger charge is -2.27. The van der Waals surface area contributed by atoms with Crippen molar-refractivity contribution < 1.29 is 37.4 Å². The van der Waals surface area contributed by atoms with E-state index in [4.69, 9.17) is 19.4 Å². The Balaban J connectivity index is 1.53. The first-order chi connectivity index (χ1) is 14.3. The number of hydroxylamine groups is 1. The number of carbonyl (C=O) groups is 2. The van der Waals surface area contributed by atoms with Gasteiger partial charge < -0.3 is 14.2 Å². The molecule has 1 saturated carbocycles. The van der Waals surface area contributed by atoms with Crippen LogP contribution in [0.3, 0.4) is 0 Å². The molecule has 2 fully saturated rings. The molecule has 2 aromatic rings. The van der Waals surface area contributed by atoms with E-state index >= 15 is 0 Å². The first-order valence-electron chi connectivity index (χ1n) is 8.86. The Morgan fingerprint density at radius 3 is 2.37 bits per heavy atom. The van der Waals surface area contributed by atoms with Crippen LogP contribution in [0.15, 0.2) is 53.6 Å². The first kappa shape index (κ1) is 20.1. The average molecular weight is 435 g/mol. The largest absolute Gasteiger partial charge is 0.509 e. The van der Waals surface area contributed by atoms with Gasteiger partial charge in [-0.05, 0) is 30.3 Å². The highest BCUT2D eigenvalue weighted by molar-refractivity contribution is 7.89. The van der Waals surface area contributed by atoms with Crippen LogP contribution in [0.4, 0.5) is 4.79 Å². The zero-order valence-corrected chi connectivity index (χ0v) is 16.2. The summed E-state index contributed by atoms with van der Waals surface area (Å²) in [7, 11) is -4.18. The quantitative estimate of drug-likeness (QED) is 0.344. The highest BCUT2D eigenvalue weighted by Crippen LogP contribution is 2.39. The normalized spacial score (nSPS) is 25.2. The molecule has 4 rings (SSSR count). The van der Waals surface area contributed by atoms with Gasteiger partial charge in [0.05, 0.1) is 4.90 Å². The maximum atomic E-state index is 12.9. The van der Waals surface area contributed by atoms with Gasteiger partial charge in [-0.1, -0.05) is 6.07 Å². The number of amides is 1. The lowest BCUT2D eigenvalue weighted by molar-refractivity contribution is -0.136. The number of nitrogens with one attached hydrogen (secondary N) is 2. The summed E-state index contributed by atoms with van der Waals surface area (Å²) in [6, 6.07) is 10.6. The molecule has 1 aromatic carbocycles. The number of nitrogens with zero attached hydrogens (tertiary/aromatic N) is 1. The number of benzene rings is 1. The number of aromatic nitrogens is 1. The number of hydrogen-bond donors (Lipinski definition) is 3. The van der Waals surface area contributed by atoms with E-state index in [2.05, 4.69) is 9.71 Å². The molecule has 158 valence electrons. The Labute approximate surface area is 171 Å². The molecule has 0 bridgehead atoms. The van der Waals surface area contributed by atoms with Crippen molar-refractivity contribution in [1.82, 2.24) is 15.2 Å². The van der Waals surface area contributed by atoms with Crippen molar-refractivity contribution in [3.8, 4) is 11.6 Å². The summed E-state index contributed by atoms with van der Waals surface area (Å²) in [6.07, 6.45) is -1.29.